The molecule has 0 aromatic carbocycles. The van der Waals surface area contributed by atoms with Crippen LogP contribution in [0.5, 0.6) is 0 Å². The van der Waals surface area contributed by atoms with Crippen LogP contribution in [0.25, 0.3) is 0 Å². The average molecular weight is 227 g/mol. The van der Waals surface area contributed by atoms with Gasteiger partial charge in [-0.25, -0.2) is 0 Å². The minimum absolute atomic E-state index is 0.551. The van der Waals surface area contributed by atoms with Crippen LogP contribution in [0.1, 0.15) is 52.4 Å². The van der Waals surface area contributed by atoms with E-state index in [1.165, 1.54) is 38.5 Å². The van der Waals surface area contributed by atoms with Crippen molar-refractivity contribution in [2.45, 2.75) is 58.5 Å². The van der Waals surface area contributed by atoms with Gasteiger partial charge >= 0.3 is 0 Å². The van der Waals surface area contributed by atoms with Gasteiger partial charge in [0.1, 0.15) is 0 Å². The quantitative estimate of drug-likeness (QED) is 0.674. The molecule has 1 fully saturated rings. The maximum atomic E-state index is 5.96. The fourth-order valence-corrected chi connectivity index (χ4v) is 2.48. The van der Waals surface area contributed by atoms with Crippen molar-refractivity contribution in [3.63, 3.8) is 0 Å². The van der Waals surface area contributed by atoms with Crippen molar-refractivity contribution < 1.29 is 4.74 Å². The molecule has 1 aliphatic rings. The molecule has 0 aromatic rings. The summed E-state index contributed by atoms with van der Waals surface area (Å²) in [6, 6.07) is 0. The van der Waals surface area contributed by atoms with Gasteiger partial charge < -0.3 is 10.1 Å². The van der Waals surface area contributed by atoms with Gasteiger partial charge in [-0.3, -0.25) is 0 Å². The SMILES string of the molecule is CNCCCCCOC1CCC(C)C(C)C1. The van der Waals surface area contributed by atoms with Crippen LogP contribution in [-0.4, -0.2) is 26.3 Å². The standard InChI is InChI=1S/C14H29NO/c1-12-7-8-14(11-13(12)2)16-10-6-4-5-9-15-3/h12-15H,4-11H2,1-3H3. The highest BCUT2D eigenvalue weighted by Gasteiger charge is 2.24. The molecule has 3 atom stereocenters. The Morgan fingerprint density at radius 3 is 2.56 bits per heavy atom. The predicted molar refractivity (Wildman–Crippen MR) is 69.7 cm³/mol. The van der Waals surface area contributed by atoms with E-state index in [2.05, 4.69) is 19.2 Å². The van der Waals surface area contributed by atoms with E-state index in [1.54, 1.807) is 0 Å². The Labute approximate surface area is 101 Å². The van der Waals surface area contributed by atoms with E-state index in [-0.39, 0.29) is 0 Å². The van der Waals surface area contributed by atoms with E-state index >= 15 is 0 Å². The number of hydrogen-bond donors (Lipinski definition) is 1. The van der Waals surface area contributed by atoms with Gasteiger partial charge in [0.25, 0.3) is 0 Å². The summed E-state index contributed by atoms with van der Waals surface area (Å²) >= 11 is 0. The van der Waals surface area contributed by atoms with E-state index in [0.717, 1.165) is 25.0 Å². The Balaban J connectivity index is 1.97. The third-order valence-electron chi connectivity index (χ3n) is 3.97. The summed E-state index contributed by atoms with van der Waals surface area (Å²) in [7, 11) is 2.01. The highest BCUT2D eigenvalue weighted by molar-refractivity contribution is 4.75. The minimum Gasteiger partial charge on any atom is -0.378 e. The molecule has 0 radical (unpaired) electrons. The lowest BCUT2D eigenvalue weighted by Crippen LogP contribution is -2.27. The van der Waals surface area contributed by atoms with Crippen molar-refractivity contribution in [2.24, 2.45) is 11.8 Å². The fraction of sp³-hybridized carbons (Fsp3) is 1.00. The molecule has 1 aliphatic carbocycles. The second kappa shape index (κ2) is 8.08. The van der Waals surface area contributed by atoms with Gasteiger partial charge in [-0.05, 0) is 64.0 Å². The molecule has 2 nitrogen and oxygen atoms in total. The third kappa shape index (κ3) is 5.31. The van der Waals surface area contributed by atoms with Crippen molar-refractivity contribution in [1.82, 2.24) is 5.32 Å². The van der Waals surface area contributed by atoms with E-state index in [0.29, 0.717) is 6.10 Å². The van der Waals surface area contributed by atoms with Crippen LogP contribution in [0.2, 0.25) is 0 Å². The molecule has 0 aromatic heterocycles. The molecule has 0 bridgehead atoms. The van der Waals surface area contributed by atoms with Crippen LogP contribution < -0.4 is 5.32 Å². The summed E-state index contributed by atoms with van der Waals surface area (Å²) in [4.78, 5) is 0. The number of rotatable bonds is 7. The molecular weight excluding hydrogens is 198 g/mol. The first-order valence-corrected chi connectivity index (χ1v) is 7.00. The van der Waals surface area contributed by atoms with Crippen LogP contribution in [0, 0.1) is 11.8 Å². The van der Waals surface area contributed by atoms with Crippen molar-refractivity contribution in [3.05, 3.63) is 0 Å². The molecule has 0 amide bonds. The van der Waals surface area contributed by atoms with Gasteiger partial charge in [0, 0.05) is 6.61 Å². The third-order valence-corrected chi connectivity index (χ3v) is 3.97. The number of hydrogen-bond acceptors (Lipinski definition) is 2. The lowest BCUT2D eigenvalue weighted by atomic mass is 9.80. The summed E-state index contributed by atoms with van der Waals surface area (Å²) in [5, 5.41) is 3.18. The molecule has 2 heteroatoms. The van der Waals surface area contributed by atoms with E-state index in [1.807, 2.05) is 7.05 Å². The second-order valence-electron chi connectivity index (χ2n) is 5.42. The molecule has 16 heavy (non-hydrogen) atoms. The molecule has 0 aliphatic heterocycles. The number of unbranched alkanes of at least 4 members (excludes halogenated alkanes) is 2. The Kier molecular flexibility index (Phi) is 7.06. The zero-order valence-corrected chi connectivity index (χ0v) is 11.3. The number of ether oxygens (including phenoxy) is 1. The van der Waals surface area contributed by atoms with Crippen LogP contribution in [0.3, 0.4) is 0 Å². The maximum Gasteiger partial charge on any atom is 0.0577 e. The maximum absolute atomic E-state index is 5.96. The summed E-state index contributed by atoms with van der Waals surface area (Å²) in [5.74, 6) is 1.75. The smallest absolute Gasteiger partial charge is 0.0577 e. The van der Waals surface area contributed by atoms with Gasteiger partial charge in [0.15, 0.2) is 0 Å². The molecule has 0 heterocycles. The first-order valence-electron chi connectivity index (χ1n) is 7.00. The van der Waals surface area contributed by atoms with Crippen LogP contribution >= 0.6 is 0 Å². The van der Waals surface area contributed by atoms with E-state index in [4.69, 9.17) is 4.74 Å². The highest BCUT2D eigenvalue weighted by Crippen LogP contribution is 2.30. The molecule has 0 saturated heterocycles. The highest BCUT2D eigenvalue weighted by atomic mass is 16.5. The van der Waals surface area contributed by atoms with E-state index in [9.17, 15) is 0 Å². The molecule has 3 unspecified atom stereocenters. The van der Waals surface area contributed by atoms with Crippen LogP contribution in [0.4, 0.5) is 0 Å². The molecule has 0 spiro atoms. The Morgan fingerprint density at radius 2 is 1.88 bits per heavy atom. The monoisotopic (exact) mass is 227 g/mol. The van der Waals surface area contributed by atoms with Crippen molar-refractivity contribution in [3.8, 4) is 0 Å². The Hall–Kier alpha value is -0.0800. The average Bonchev–Trinajstić information content (AvgIpc) is 2.28. The number of nitrogens with one attached hydrogen (secondary N) is 1. The first kappa shape index (κ1) is 14.0. The van der Waals surface area contributed by atoms with Crippen molar-refractivity contribution in [1.29, 1.82) is 0 Å². The van der Waals surface area contributed by atoms with Gasteiger partial charge in [0.05, 0.1) is 6.10 Å². The molecule has 1 N–H and O–H groups in total. The summed E-state index contributed by atoms with van der Waals surface area (Å²) < 4.78 is 5.96. The second-order valence-corrected chi connectivity index (χ2v) is 5.42. The van der Waals surface area contributed by atoms with Crippen LogP contribution in [-0.2, 0) is 4.74 Å². The van der Waals surface area contributed by atoms with Crippen molar-refractivity contribution >= 4 is 0 Å². The largest absolute Gasteiger partial charge is 0.378 e. The summed E-state index contributed by atoms with van der Waals surface area (Å²) in [5.41, 5.74) is 0. The lowest BCUT2D eigenvalue weighted by Gasteiger charge is -2.31. The zero-order chi connectivity index (χ0) is 11.8. The fourth-order valence-electron chi connectivity index (χ4n) is 2.48. The van der Waals surface area contributed by atoms with Gasteiger partial charge in [-0.1, -0.05) is 13.8 Å². The lowest BCUT2D eigenvalue weighted by molar-refractivity contribution is 0.00105. The van der Waals surface area contributed by atoms with Crippen LogP contribution in [0.15, 0.2) is 0 Å². The zero-order valence-electron chi connectivity index (χ0n) is 11.3. The normalized spacial score (nSPS) is 30.6. The predicted octanol–water partition coefficient (Wildman–Crippen LogP) is 3.22. The molecular formula is C14H29NO. The summed E-state index contributed by atoms with van der Waals surface area (Å²) in [6.07, 6.45) is 8.25. The summed E-state index contributed by atoms with van der Waals surface area (Å²) in [6.45, 7) is 6.85. The molecule has 1 saturated carbocycles. The topological polar surface area (TPSA) is 21.3 Å². The minimum atomic E-state index is 0.551. The van der Waals surface area contributed by atoms with Crippen molar-refractivity contribution in [2.75, 3.05) is 20.2 Å². The van der Waals surface area contributed by atoms with Gasteiger partial charge in [-0.15, -0.1) is 0 Å². The first-order chi connectivity index (χ1) is 7.74. The molecule has 1 rings (SSSR count). The Morgan fingerprint density at radius 1 is 1.06 bits per heavy atom. The van der Waals surface area contributed by atoms with Gasteiger partial charge in [-0.2, -0.15) is 0 Å². The van der Waals surface area contributed by atoms with Gasteiger partial charge in [0.2, 0.25) is 0 Å². The van der Waals surface area contributed by atoms with E-state index < -0.39 is 0 Å². The molecule has 96 valence electrons. The Bertz CT molecular complexity index is 172.